The molecule has 8 nitrogen and oxygen atoms in total. The summed E-state index contributed by atoms with van der Waals surface area (Å²) in [4.78, 5) is 23.5. The highest BCUT2D eigenvalue weighted by Crippen LogP contribution is 2.36. The molecule has 0 aromatic carbocycles. The van der Waals surface area contributed by atoms with Crippen molar-refractivity contribution in [1.82, 2.24) is 19.7 Å². The average molecular weight is 342 g/mol. The molecule has 0 unspecified atom stereocenters. The number of nitrogens with zero attached hydrogens (tertiary/aromatic N) is 5. The molecule has 0 spiro atoms. The molecule has 1 saturated carbocycles. The van der Waals surface area contributed by atoms with Crippen molar-refractivity contribution in [2.24, 2.45) is 10.9 Å². The molecule has 0 aliphatic heterocycles. The van der Waals surface area contributed by atoms with E-state index in [9.17, 15) is 9.90 Å². The van der Waals surface area contributed by atoms with Gasteiger partial charge < -0.3 is 15.8 Å². The number of aromatic carboxylic acids is 1. The zero-order chi connectivity index (χ0) is 17.8. The molecule has 2 heterocycles. The lowest BCUT2D eigenvalue weighted by Crippen LogP contribution is -2.18. The predicted octanol–water partition coefficient (Wildman–Crippen LogP) is 2.44. The Kier molecular flexibility index (Phi) is 5.06. The van der Waals surface area contributed by atoms with Crippen molar-refractivity contribution >= 4 is 18.0 Å². The third-order valence-electron chi connectivity index (χ3n) is 4.78. The van der Waals surface area contributed by atoms with Crippen molar-refractivity contribution in [3.05, 3.63) is 24.3 Å². The van der Waals surface area contributed by atoms with Gasteiger partial charge in [0.2, 0.25) is 0 Å². The van der Waals surface area contributed by atoms with Gasteiger partial charge in [-0.2, -0.15) is 5.10 Å². The lowest BCUT2D eigenvalue weighted by Gasteiger charge is -2.22. The number of hydrogen-bond donors (Lipinski definition) is 2. The SMILES string of the molecule is C/N=C/C[C@H](C1CCCC1)n1cc(-c2ncnc(N)c2C(=O)O)cn1. The van der Waals surface area contributed by atoms with Crippen LogP contribution >= 0.6 is 0 Å². The molecule has 2 aromatic rings. The molecule has 1 aliphatic carbocycles. The maximum absolute atomic E-state index is 11.5. The van der Waals surface area contributed by atoms with Crippen LogP contribution < -0.4 is 5.73 Å². The van der Waals surface area contributed by atoms with E-state index in [0.717, 1.165) is 6.42 Å². The standard InChI is InChI=1S/C17H22N6O2/c1-19-7-6-13(11-4-2-3-5-11)23-9-12(8-22-23)15-14(17(24)25)16(18)21-10-20-15/h7-11,13H,2-6H2,1H3,(H,24,25)(H2,18,20,21)/b19-7+/t13-/m1/s1. The Morgan fingerprint density at radius 1 is 1.48 bits per heavy atom. The van der Waals surface area contributed by atoms with Crippen LogP contribution in [0.2, 0.25) is 0 Å². The highest BCUT2D eigenvalue weighted by Gasteiger charge is 2.27. The molecule has 132 valence electrons. The largest absolute Gasteiger partial charge is 0.477 e. The van der Waals surface area contributed by atoms with Crippen LogP contribution in [-0.4, -0.2) is 44.1 Å². The summed E-state index contributed by atoms with van der Waals surface area (Å²) in [6.07, 6.45) is 12.3. The first-order valence-electron chi connectivity index (χ1n) is 8.40. The van der Waals surface area contributed by atoms with E-state index in [1.165, 1.54) is 32.0 Å². The maximum atomic E-state index is 11.5. The summed E-state index contributed by atoms with van der Waals surface area (Å²) in [5.74, 6) is -0.637. The van der Waals surface area contributed by atoms with Gasteiger partial charge >= 0.3 is 5.97 Å². The van der Waals surface area contributed by atoms with Crippen molar-refractivity contribution in [2.75, 3.05) is 12.8 Å². The van der Waals surface area contributed by atoms with Gasteiger partial charge in [0.25, 0.3) is 0 Å². The van der Waals surface area contributed by atoms with Gasteiger partial charge in [-0.25, -0.2) is 14.8 Å². The summed E-state index contributed by atoms with van der Waals surface area (Å²) in [5.41, 5.74) is 6.55. The molecule has 0 radical (unpaired) electrons. The predicted molar refractivity (Wildman–Crippen MR) is 94.7 cm³/mol. The molecule has 2 aromatic heterocycles. The Labute approximate surface area is 145 Å². The third kappa shape index (κ3) is 3.52. The van der Waals surface area contributed by atoms with Crippen molar-refractivity contribution in [3.63, 3.8) is 0 Å². The van der Waals surface area contributed by atoms with Crippen LogP contribution in [0.25, 0.3) is 11.3 Å². The van der Waals surface area contributed by atoms with Crippen molar-refractivity contribution in [2.45, 2.75) is 38.1 Å². The van der Waals surface area contributed by atoms with Gasteiger partial charge in [0.15, 0.2) is 0 Å². The van der Waals surface area contributed by atoms with E-state index < -0.39 is 5.97 Å². The minimum absolute atomic E-state index is 0.0456. The number of aromatic nitrogens is 4. The van der Waals surface area contributed by atoms with E-state index >= 15 is 0 Å². The summed E-state index contributed by atoms with van der Waals surface area (Å²) >= 11 is 0. The van der Waals surface area contributed by atoms with E-state index in [1.54, 1.807) is 13.2 Å². The van der Waals surface area contributed by atoms with Crippen LogP contribution in [0.5, 0.6) is 0 Å². The first-order valence-corrected chi connectivity index (χ1v) is 8.40. The minimum Gasteiger partial charge on any atom is -0.477 e. The number of rotatable bonds is 6. The van der Waals surface area contributed by atoms with Crippen LogP contribution in [0, 0.1) is 5.92 Å². The number of nitrogens with two attached hydrogens (primary N) is 1. The molecule has 3 rings (SSSR count). The van der Waals surface area contributed by atoms with Gasteiger partial charge in [0.05, 0.1) is 17.9 Å². The van der Waals surface area contributed by atoms with Crippen LogP contribution in [0.4, 0.5) is 5.82 Å². The average Bonchev–Trinajstić information content (AvgIpc) is 3.27. The van der Waals surface area contributed by atoms with Crippen molar-refractivity contribution in [3.8, 4) is 11.3 Å². The molecule has 0 bridgehead atoms. The Morgan fingerprint density at radius 2 is 2.24 bits per heavy atom. The molecule has 1 atom stereocenters. The lowest BCUT2D eigenvalue weighted by molar-refractivity contribution is 0.0698. The molecule has 0 amide bonds. The Bertz CT molecular complexity index is 779. The second-order valence-corrected chi connectivity index (χ2v) is 6.29. The molecule has 1 fully saturated rings. The molecule has 3 N–H and O–H groups in total. The Hall–Kier alpha value is -2.77. The highest BCUT2D eigenvalue weighted by atomic mass is 16.4. The molecular formula is C17H22N6O2. The summed E-state index contributed by atoms with van der Waals surface area (Å²) < 4.78 is 1.91. The van der Waals surface area contributed by atoms with Gasteiger partial charge in [-0.1, -0.05) is 12.8 Å². The van der Waals surface area contributed by atoms with E-state index in [-0.39, 0.29) is 17.4 Å². The van der Waals surface area contributed by atoms with Crippen LogP contribution in [0.15, 0.2) is 23.7 Å². The number of carboxylic acids is 1. The van der Waals surface area contributed by atoms with Crippen molar-refractivity contribution < 1.29 is 9.90 Å². The van der Waals surface area contributed by atoms with Crippen LogP contribution in [0.3, 0.4) is 0 Å². The fourth-order valence-electron chi connectivity index (χ4n) is 3.54. The van der Waals surface area contributed by atoms with E-state index in [4.69, 9.17) is 5.73 Å². The normalized spacial score (nSPS) is 16.5. The van der Waals surface area contributed by atoms with Crippen molar-refractivity contribution in [1.29, 1.82) is 0 Å². The Morgan fingerprint density at radius 3 is 2.92 bits per heavy atom. The second-order valence-electron chi connectivity index (χ2n) is 6.29. The van der Waals surface area contributed by atoms with Gasteiger partial charge in [-0.3, -0.25) is 4.68 Å². The number of hydrogen-bond acceptors (Lipinski definition) is 6. The summed E-state index contributed by atoms with van der Waals surface area (Å²) in [7, 11) is 1.77. The minimum atomic E-state index is -1.15. The lowest BCUT2D eigenvalue weighted by atomic mass is 9.96. The van der Waals surface area contributed by atoms with Crippen LogP contribution in [-0.2, 0) is 0 Å². The third-order valence-corrected chi connectivity index (χ3v) is 4.78. The number of aliphatic imine (C=N–C) groups is 1. The quantitative estimate of drug-likeness (QED) is 0.778. The van der Waals surface area contributed by atoms with Gasteiger partial charge in [0.1, 0.15) is 17.7 Å². The zero-order valence-electron chi connectivity index (χ0n) is 14.2. The first-order chi connectivity index (χ1) is 12.1. The molecule has 25 heavy (non-hydrogen) atoms. The Balaban J connectivity index is 1.96. The molecule has 0 saturated heterocycles. The van der Waals surface area contributed by atoms with Gasteiger partial charge in [-0.05, 0) is 18.8 Å². The maximum Gasteiger partial charge on any atom is 0.341 e. The molecule has 1 aliphatic rings. The van der Waals surface area contributed by atoms with Crippen LogP contribution in [0.1, 0.15) is 48.5 Å². The fourth-order valence-corrected chi connectivity index (χ4v) is 3.54. The summed E-state index contributed by atoms with van der Waals surface area (Å²) in [6.45, 7) is 0. The van der Waals surface area contributed by atoms with E-state index in [0.29, 0.717) is 17.2 Å². The topological polar surface area (TPSA) is 119 Å². The van der Waals surface area contributed by atoms with Gasteiger partial charge in [-0.15, -0.1) is 0 Å². The monoisotopic (exact) mass is 342 g/mol. The second kappa shape index (κ2) is 7.42. The summed E-state index contributed by atoms with van der Waals surface area (Å²) in [5, 5.41) is 13.9. The van der Waals surface area contributed by atoms with E-state index in [2.05, 4.69) is 20.1 Å². The number of carboxylic acid groups (broad SMARTS) is 1. The fraction of sp³-hybridized carbons (Fsp3) is 0.471. The van der Waals surface area contributed by atoms with Gasteiger partial charge in [0, 0.05) is 31.4 Å². The number of carbonyl (C=O) groups is 1. The summed E-state index contributed by atoms with van der Waals surface area (Å²) in [6, 6.07) is 0.215. The zero-order valence-corrected chi connectivity index (χ0v) is 14.2. The number of anilines is 1. The molecular weight excluding hydrogens is 320 g/mol. The first kappa shape index (κ1) is 17.1. The van der Waals surface area contributed by atoms with E-state index in [1.807, 2.05) is 17.1 Å². The number of nitrogen functional groups attached to an aromatic ring is 1. The highest BCUT2D eigenvalue weighted by molar-refractivity contribution is 5.99. The molecule has 8 heteroatoms. The smallest absolute Gasteiger partial charge is 0.341 e.